The second kappa shape index (κ2) is 4.31. The lowest BCUT2D eigenvalue weighted by Crippen LogP contribution is -2.38. The molecule has 0 aliphatic carbocycles. The Bertz CT molecular complexity index is 411. The normalized spacial score (nSPS) is 22.2. The van der Waals surface area contributed by atoms with Crippen molar-refractivity contribution in [3.8, 4) is 5.75 Å². The molecule has 0 radical (unpaired) electrons. The molecule has 3 rings (SSSR count). The highest BCUT2D eigenvalue weighted by molar-refractivity contribution is 5.38. The standard InChI is InChI=1S/C14H19NO2/c1-14(4-6-16-7-5-14)17-13-3-2-11-9-15-10-12(11)8-13/h2-3,8,15H,4-7,9-10H2,1H3. The minimum absolute atomic E-state index is 0.0570. The molecule has 2 aliphatic heterocycles. The summed E-state index contributed by atoms with van der Waals surface area (Å²) in [6, 6.07) is 6.44. The van der Waals surface area contributed by atoms with Crippen LogP contribution < -0.4 is 10.1 Å². The van der Waals surface area contributed by atoms with Crippen molar-refractivity contribution in [1.82, 2.24) is 5.32 Å². The van der Waals surface area contributed by atoms with Gasteiger partial charge in [-0.05, 0) is 30.2 Å². The van der Waals surface area contributed by atoms with Crippen LogP contribution in [0, 0.1) is 0 Å². The Morgan fingerprint density at radius 2 is 1.94 bits per heavy atom. The first-order valence-electron chi connectivity index (χ1n) is 6.34. The molecule has 1 aromatic rings. The van der Waals surface area contributed by atoms with Gasteiger partial charge in [0.15, 0.2) is 0 Å². The number of hydrogen-bond acceptors (Lipinski definition) is 3. The molecule has 0 aromatic heterocycles. The third kappa shape index (κ3) is 2.31. The number of rotatable bonds is 2. The Balaban J connectivity index is 1.76. The van der Waals surface area contributed by atoms with Crippen LogP contribution in [0.4, 0.5) is 0 Å². The van der Waals surface area contributed by atoms with Crippen molar-refractivity contribution in [1.29, 1.82) is 0 Å². The topological polar surface area (TPSA) is 30.5 Å². The highest BCUT2D eigenvalue weighted by Crippen LogP contribution is 2.29. The fraction of sp³-hybridized carbons (Fsp3) is 0.571. The first-order valence-corrected chi connectivity index (χ1v) is 6.34. The Morgan fingerprint density at radius 3 is 2.76 bits per heavy atom. The molecule has 2 heterocycles. The lowest BCUT2D eigenvalue weighted by molar-refractivity contribution is -0.0343. The van der Waals surface area contributed by atoms with Gasteiger partial charge in [0.05, 0.1) is 13.2 Å². The van der Waals surface area contributed by atoms with Crippen molar-refractivity contribution in [2.45, 2.75) is 38.5 Å². The van der Waals surface area contributed by atoms with Crippen LogP contribution in [0.1, 0.15) is 30.9 Å². The van der Waals surface area contributed by atoms with Gasteiger partial charge >= 0.3 is 0 Å². The Hall–Kier alpha value is -1.06. The Morgan fingerprint density at radius 1 is 1.18 bits per heavy atom. The van der Waals surface area contributed by atoms with E-state index in [-0.39, 0.29) is 5.60 Å². The van der Waals surface area contributed by atoms with Gasteiger partial charge in [0.1, 0.15) is 11.4 Å². The van der Waals surface area contributed by atoms with Gasteiger partial charge in [-0.2, -0.15) is 0 Å². The lowest BCUT2D eigenvalue weighted by atomic mass is 9.96. The fourth-order valence-corrected chi connectivity index (χ4v) is 2.52. The first-order chi connectivity index (χ1) is 8.25. The van der Waals surface area contributed by atoms with E-state index in [1.165, 1.54) is 11.1 Å². The molecule has 0 spiro atoms. The Labute approximate surface area is 102 Å². The molecule has 0 bridgehead atoms. The average molecular weight is 233 g/mol. The third-order valence-corrected chi connectivity index (χ3v) is 3.72. The molecule has 92 valence electrons. The average Bonchev–Trinajstić information content (AvgIpc) is 2.76. The molecule has 0 unspecified atom stereocenters. The van der Waals surface area contributed by atoms with Crippen LogP contribution in [0.25, 0.3) is 0 Å². The van der Waals surface area contributed by atoms with Crippen LogP contribution in [-0.2, 0) is 17.8 Å². The molecule has 1 saturated heterocycles. The van der Waals surface area contributed by atoms with Crippen molar-refractivity contribution in [3.05, 3.63) is 29.3 Å². The van der Waals surface area contributed by atoms with E-state index in [1.54, 1.807) is 0 Å². The highest BCUT2D eigenvalue weighted by Gasteiger charge is 2.29. The summed E-state index contributed by atoms with van der Waals surface area (Å²) in [7, 11) is 0. The van der Waals surface area contributed by atoms with E-state index in [0.29, 0.717) is 0 Å². The maximum Gasteiger partial charge on any atom is 0.120 e. The molecular weight excluding hydrogens is 214 g/mol. The van der Waals surface area contributed by atoms with Gasteiger partial charge in [-0.25, -0.2) is 0 Å². The monoisotopic (exact) mass is 233 g/mol. The van der Waals surface area contributed by atoms with Crippen LogP contribution in [0.5, 0.6) is 5.75 Å². The maximum atomic E-state index is 6.16. The molecule has 17 heavy (non-hydrogen) atoms. The van der Waals surface area contributed by atoms with Gasteiger partial charge in [0, 0.05) is 25.9 Å². The SMILES string of the molecule is CC1(Oc2ccc3c(c2)CNC3)CCOCC1. The minimum atomic E-state index is -0.0570. The van der Waals surface area contributed by atoms with Crippen LogP contribution >= 0.6 is 0 Å². The summed E-state index contributed by atoms with van der Waals surface area (Å²) in [5.41, 5.74) is 2.71. The molecule has 1 fully saturated rings. The van der Waals surface area contributed by atoms with Gasteiger partial charge in [-0.15, -0.1) is 0 Å². The van der Waals surface area contributed by atoms with Gasteiger partial charge in [-0.1, -0.05) is 6.07 Å². The second-order valence-corrected chi connectivity index (χ2v) is 5.20. The maximum absolute atomic E-state index is 6.16. The summed E-state index contributed by atoms with van der Waals surface area (Å²) in [4.78, 5) is 0. The number of benzene rings is 1. The van der Waals surface area contributed by atoms with Gasteiger partial charge in [0.25, 0.3) is 0 Å². The highest BCUT2D eigenvalue weighted by atomic mass is 16.5. The van der Waals surface area contributed by atoms with Crippen LogP contribution in [0.15, 0.2) is 18.2 Å². The van der Waals surface area contributed by atoms with E-state index in [0.717, 1.165) is 44.9 Å². The summed E-state index contributed by atoms with van der Waals surface area (Å²) in [5, 5.41) is 3.35. The van der Waals surface area contributed by atoms with E-state index >= 15 is 0 Å². The zero-order chi connectivity index (χ0) is 11.7. The number of nitrogens with one attached hydrogen (secondary N) is 1. The first kappa shape index (κ1) is 11.1. The number of hydrogen-bond donors (Lipinski definition) is 1. The van der Waals surface area contributed by atoms with Crippen molar-refractivity contribution in [3.63, 3.8) is 0 Å². The summed E-state index contributed by atoms with van der Waals surface area (Å²) in [6.07, 6.45) is 1.95. The van der Waals surface area contributed by atoms with Crippen molar-refractivity contribution < 1.29 is 9.47 Å². The zero-order valence-electron chi connectivity index (χ0n) is 10.3. The largest absolute Gasteiger partial charge is 0.487 e. The number of ether oxygens (including phenoxy) is 2. The molecule has 2 aliphatic rings. The molecule has 1 N–H and O–H groups in total. The third-order valence-electron chi connectivity index (χ3n) is 3.72. The van der Waals surface area contributed by atoms with Crippen molar-refractivity contribution >= 4 is 0 Å². The molecule has 1 aromatic carbocycles. The minimum Gasteiger partial charge on any atom is -0.487 e. The van der Waals surface area contributed by atoms with Gasteiger partial charge in [-0.3, -0.25) is 0 Å². The molecular formula is C14H19NO2. The molecule has 0 saturated carbocycles. The van der Waals surface area contributed by atoms with E-state index in [1.807, 2.05) is 0 Å². The van der Waals surface area contributed by atoms with E-state index in [2.05, 4.69) is 30.4 Å². The second-order valence-electron chi connectivity index (χ2n) is 5.20. The predicted octanol–water partition coefficient (Wildman–Crippen LogP) is 2.24. The van der Waals surface area contributed by atoms with E-state index in [4.69, 9.17) is 9.47 Å². The van der Waals surface area contributed by atoms with Crippen LogP contribution in [0.3, 0.4) is 0 Å². The van der Waals surface area contributed by atoms with Gasteiger partial charge in [0.2, 0.25) is 0 Å². The Kier molecular flexibility index (Phi) is 2.81. The number of fused-ring (bicyclic) bond motifs is 1. The molecule has 0 atom stereocenters. The van der Waals surface area contributed by atoms with Crippen LogP contribution in [0.2, 0.25) is 0 Å². The fourth-order valence-electron chi connectivity index (χ4n) is 2.52. The predicted molar refractivity (Wildman–Crippen MR) is 66.1 cm³/mol. The van der Waals surface area contributed by atoms with Crippen molar-refractivity contribution in [2.75, 3.05) is 13.2 Å². The summed E-state index contributed by atoms with van der Waals surface area (Å²) >= 11 is 0. The van der Waals surface area contributed by atoms with Crippen molar-refractivity contribution in [2.24, 2.45) is 0 Å². The van der Waals surface area contributed by atoms with E-state index in [9.17, 15) is 0 Å². The smallest absolute Gasteiger partial charge is 0.120 e. The lowest BCUT2D eigenvalue weighted by Gasteiger charge is -2.34. The summed E-state index contributed by atoms with van der Waals surface area (Å²) in [5.74, 6) is 0.997. The van der Waals surface area contributed by atoms with E-state index < -0.39 is 0 Å². The molecule has 0 amide bonds. The molecule has 3 heteroatoms. The quantitative estimate of drug-likeness (QED) is 0.849. The zero-order valence-corrected chi connectivity index (χ0v) is 10.3. The molecule has 3 nitrogen and oxygen atoms in total. The van der Waals surface area contributed by atoms with Crippen LogP contribution in [-0.4, -0.2) is 18.8 Å². The summed E-state index contributed by atoms with van der Waals surface area (Å²) in [6.45, 7) is 5.75. The van der Waals surface area contributed by atoms with Gasteiger partial charge < -0.3 is 14.8 Å². The summed E-state index contributed by atoms with van der Waals surface area (Å²) < 4.78 is 11.5.